The van der Waals surface area contributed by atoms with Gasteiger partial charge >= 0.3 is 5.97 Å². The van der Waals surface area contributed by atoms with Crippen LogP contribution in [0.3, 0.4) is 0 Å². The molecule has 0 amide bonds. The number of benzene rings is 2. The first kappa shape index (κ1) is 17.1. The number of ether oxygens (including phenoxy) is 2. The maximum Gasteiger partial charge on any atom is 0.365 e. The van der Waals surface area contributed by atoms with Gasteiger partial charge in [-0.25, -0.2) is 4.79 Å². The van der Waals surface area contributed by atoms with Gasteiger partial charge in [0.05, 0.1) is 10.5 Å². The Kier molecular flexibility index (Phi) is 4.61. The highest BCUT2D eigenvalue weighted by Gasteiger charge is 2.19. The zero-order valence-corrected chi connectivity index (χ0v) is 13.5. The highest BCUT2D eigenvalue weighted by Crippen LogP contribution is 2.32. The Labute approximate surface area is 146 Å². The number of rotatable bonds is 5. The summed E-state index contributed by atoms with van der Waals surface area (Å²) >= 11 is 0. The van der Waals surface area contributed by atoms with Crippen LogP contribution in [0.25, 0.3) is 0 Å². The van der Waals surface area contributed by atoms with Crippen molar-refractivity contribution in [2.24, 2.45) is 5.16 Å². The van der Waals surface area contributed by atoms with Gasteiger partial charge in [-0.05, 0) is 30.3 Å². The van der Waals surface area contributed by atoms with Gasteiger partial charge in [0.2, 0.25) is 6.79 Å². The van der Waals surface area contributed by atoms with Crippen molar-refractivity contribution in [2.75, 3.05) is 6.79 Å². The SMILES string of the molecule is CC(=O)/C(=N\OC(=O)c1ccc([N+](=O)[O-])cc1)c1ccc2c(c1)OCO2. The third-order valence-corrected chi connectivity index (χ3v) is 3.51. The topological polar surface area (TPSA) is 117 Å². The molecule has 9 nitrogen and oxygen atoms in total. The number of non-ortho nitro benzene ring substituents is 1. The van der Waals surface area contributed by atoms with Crippen LogP contribution in [0.4, 0.5) is 5.69 Å². The molecule has 0 N–H and O–H groups in total. The van der Waals surface area contributed by atoms with Gasteiger partial charge in [0.15, 0.2) is 23.0 Å². The number of ketones is 1. The predicted octanol–water partition coefficient (Wildman–Crippen LogP) is 2.47. The van der Waals surface area contributed by atoms with E-state index in [0.29, 0.717) is 17.1 Å². The number of Topliss-reactive ketones (excluding diaryl/α,β-unsaturated/α-hetero) is 1. The number of nitro benzene ring substituents is 1. The first-order valence-corrected chi connectivity index (χ1v) is 7.40. The van der Waals surface area contributed by atoms with E-state index in [1.165, 1.54) is 31.2 Å². The van der Waals surface area contributed by atoms with E-state index in [0.717, 1.165) is 0 Å². The van der Waals surface area contributed by atoms with Crippen molar-refractivity contribution < 1.29 is 28.8 Å². The first-order chi connectivity index (χ1) is 12.5. The van der Waals surface area contributed by atoms with E-state index in [2.05, 4.69) is 5.16 Å². The van der Waals surface area contributed by atoms with Crippen LogP contribution in [0.1, 0.15) is 22.8 Å². The van der Waals surface area contributed by atoms with Gasteiger partial charge in [0, 0.05) is 24.6 Å². The lowest BCUT2D eigenvalue weighted by atomic mass is 10.1. The molecule has 1 aliphatic rings. The highest BCUT2D eigenvalue weighted by atomic mass is 16.7. The second-order valence-electron chi connectivity index (χ2n) is 5.25. The third kappa shape index (κ3) is 3.51. The molecule has 0 saturated heterocycles. The molecule has 0 atom stereocenters. The minimum atomic E-state index is -0.848. The summed E-state index contributed by atoms with van der Waals surface area (Å²) in [4.78, 5) is 38.7. The van der Waals surface area contributed by atoms with Crippen molar-refractivity contribution >= 4 is 23.2 Å². The normalized spacial score (nSPS) is 12.6. The summed E-state index contributed by atoms with van der Waals surface area (Å²) in [6.45, 7) is 1.36. The number of hydrogen-bond acceptors (Lipinski definition) is 8. The monoisotopic (exact) mass is 356 g/mol. The van der Waals surface area contributed by atoms with Crippen LogP contribution in [0.2, 0.25) is 0 Å². The van der Waals surface area contributed by atoms with Crippen LogP contribution in [-0.2, 0) is 9.63 Å². The fraction of sp³-hybridized carbons (Fsp3) is 0.118. The van der Waals surface area contributed by atoms with Gasteiger partial charge in [-0.1, -0.05) is 5.16 Å². The van der Waals surface area contributed by atoms with Gasteiger partial charge in [-0.15, -0.1) is 0 Å². The van der Waals surface area contributed by atoms with Gasteiger partial charge < -0.3 is 14.3 Å². The van der Waals surface area contributed by atoms with Gasteiger partial charge in [0.1, 0.15) is 0 Å². The van der Waals surface area contributed by atoms with Gasteiger partial charge in [-0.3, -0.25) is 14.9 Å². The quantitative estimate of drug-likeness (QED) is 0.349. The maximum atomic E-state index is 12.0. The molecular formula is C17H12N2O7. The van der Waals surface area contributed by atoms with E-state index in [1.54, 1.807) is 18.2 Å². The highest BCUT2D eigenvalue weighted by molar-refractivity contribution is 6.45. The molecule has 0 fully saturated rings. The van der Waals surface area contributed by atoms with Crippen LogP contribution >= 0.6 is 0 Å². The Balaban J connectivity index is 1.80. The Hall–Kier alpha value is -3.75. The summed E-state index contributed by atoms with van der Waals surface area (Å²) < 4.78 is 10.4. The molecule has 0 radical (unpaired) electrons. The summed E-state index contributed by atoms with van der Waals surface area (Å²) in [5, 5.41) is 14.3. The summed E-state index contributed by atoms with van der Waals surface area (Å²) in [6, 6.07) is 9.59. The van der Waals surface area contributed by atoms with Crippen LogP contribution in [0, 0.1) is 10.1 Å². The molecule has 132 valence electrons. The van der Waals surface area contributed by atoms with Crippen molar-refractivity contribution in [3.63, 3.8) is 0 Å². The Morgan fingerprint density at radius 2 is 1.73 bits per heavy atom. The van der Waals surface area contributed by atoms with Crippen LogP contribution in [0.15, 0.2) is 47.6 Å². The summed E-state index contributed by atoms with van der Waals surface area (Å²) in [5.41, 5.74) is 0.236. The molecule has 9 heteroatoms. The fourth-order valence-corrected chi connectivity index (χ4v) is 2.22. The molecule has 1 heterocycles. The zero-order chi connectivity index (χ0) is 18.7. The minimum Gasteiger partial charge on any atom is -0.454 e. The number of hydrogen-bond donors (Lipinski definition) is 0. The second-order valence-corrected chi connectivity index (χ2v) is 5.25. The number of carbonyl (C=O) groups excluding carboxylic acids is 2. The number of oxime groups is 1. The Bertz CT molecular complexity index is 919. The molecule has 3 rings (SSSR count). The number of nitrogens with zero attached hydrogens (tertiary/aromatic N) is 2. The molecule has 0 saturated carbocycles. The van der Waals surface area contributed by atoms with E-state index in [9.17, 15) is 19.7 Å². The van der Waals surface area contributed by atoms with Crippen LogP contribution in [-0.4, -0.2) is 29.2 Å². The van der Waals surface area contributed by atoms with Crippen molar-refractivity contribution in [3.8, 4) is 11.5 Å². The standard InChI is InChI=1S/C17H12N2O7/c1-10(20)16(12-4-7-14-15(8-12)25-9-24-14)18-26-17(21)11-2-5-13(6-3-11)19(22)23/h2-8H,9H2,1H3/b18-16+. The lowest BCUT2D eigenvalue weighted by Gasteiger charge is -2.04. The van der Waals surface area contributed by atoms with Gasteiger partial charge in [-0.2, -0.15) is 0 Å². The van der Waals surface area contributed by atoms with E-state index >= 15 is 0 Å². The minimum absolute atomic E-state index is 0.0629. The van der Waals surface area contributed by atoms with Crippen molar-refractivity contribution in [3.05, 3.63) is 63.7 Å². The molecule has 2 aromatic rings. The predicted molar refractivity (Wildman–Crippen MR) is 88.3 cm³/mol. The van der Waals surface area contributed by atoms with E-state index in [4.69, 9.17) is 14.3 Å². The number of carbonyl (C=O) groups is 2. The lowest BCUT2D eigenvalue weighted by molar-refractivity contribution is -0.384. The molecule has 0 aromatic heterocycles. The molecule has 1 aliphatic heterocycles. The van der Waals surface area contributed by atoms with E-state index in [1.807, 2.05) is 0 Å². The molecule has 0 spiro atoms. The zero-order valence-electron chi connectivity index (χ0n) is 13.5. The van der Waals surface area contributed by atoms with Crippen LogP contribution < -0.4 is 9.47 Å². The molecule has 26 heavy (non-hydrogen) atoms. The Morgan fingerprint density at radius 1 is 1.08 bits per heavy atom. The number of fused-ring (bicyclic) bond motifs is 1. The van der Waals surface area contributed by atoms with E-state index < -0.39 is 16.7 Å². The molecule has 2 aromatic carbocycles. The first-order valence-electron chi connectivity index (χ1n) is 7.40. The van der Waals surface area contributed by atoms with Crippen LogP contribution in [0.5, 0.6) is 11.5 Å². The van der Waals surface area contributed by atoms with E-state index in [-0.39, 0.29) is 23.8 Å². The molecule has 0 unspecified atom stereocenters. The molecule has 0 bridgehead atoms. The molecule has 0 aliphatic carbocycles. The largest absolute Gasteiger partial charge is 0.454 e. The maximum absolute atomic E-state index is 12.0. The second kappa shape index (κ2) is 7.01. The van der Waals surface area contributed by atoms with Crippen molar-refractivity contribution in [1.82, 2.24) is 0 Å². The molecular weight excluding hydrogens is 344 g/mol. The lowest BCUT2D eigenvalue weighted by Crippen LogP contribution is -2.14. The summed E-state index contributed by atoms with van der Waals surface area (Å²) in [6.07, 6.45) is 0. The Morgan fingerprint density at radius 3 is 2.38 bits per heavy atom. The summed E-state index contributed by atoms with van der Waals surface area (Å²) in [7, 11) is 0. The average Bonchev–Trinajstić information content (AvgIpc) is 3.09. The van der Waals surface area contributed by atoms with Gasteiger partial charge in [0.25, 0.3) is 5.69 Å². The third-order valence-electron chi connectivity index (χ3n) is 3.51. The van der Waals surface area contributed by atoms with Crippen molar-refractivity contribution in [2.45, 2.75) is 6.92 Å². The summed E-state index contributed by atoms with van der Waals surface area (Å²) in [5.74, 6) is -0.266. The number of nitro groups is 1. The van der Waals surface area contributed by atoms with Crippen molar-refractivity contribution in [1.29, 1.82) is 0 Å². The smallest absolute Gasteiger partial charge is 0.365 e. The fourth-order valence-electron chi connectivity index (χ4n) is 2.22. The average molecular weight is 356 g/mol.